The van der Waals surface area contributed by atoms with E-state index in [9.17, 15) is 4.79 Å². The first-order chi connectivity index (χ1) is 10.2. The minimum absolute atomic E-state index is 0.330. The molecule has 1 aliphatic heterocycles. The lowest BCUT2D eigenvalue weighted by atomic mass is 9.93. The Kier molecular flexibility index (Phi) is 4.25. The number of aromatic nitrogens is 1. The summed E-state index contributed by atoms with van der Waals surface area (Å²) in [5.74, 6) is -0.293. The number of nitrogens with one attached hydrogen (secondary N) is 1. The van der Waals surface area contributed by atoms with E-state index in [1.165, 1.54) is 16.5 Å². The minimum atomic E-state index is -0.660. The predicted molar refractivity (Wildman–Crippen MR) is 83.4 cm³/mol. The molecule has 3 rings (SSSR count). The Labute approximate surface area is 124 Å². The number of hydrogen-bond acceptors (Lipinski definition) is 2. The largest absolute Gasteiger partial charge is 0.481 e. The van der Waals surface area contributed by atoms with Crippen molar-refractivity contribution in [2.24, 2.45) is 5.92 Å². The molecule has 4 nitrogen and oxygen atoms in total. The van der Waals surface area contributed by atoms with Gasteiger partial charge < -0.3 is 15.0 Å². The van der Waals surface area contributed by atoms with Crippen molar-refractivity contribution in [2.75, 3.05) is 19.6 Å². The molecule has 0 saturated carbocycles. The fourth-order valence-electron chi connectivity index (χ4n) is 3.28. The highest BCUT2D eigenvalue weighted by atomic mass is 16.4. The smallest absolute Gasteiger partial charge is 0.303 e. The van der Waals surface area contributed by atoms with Gasteiger partial charge in [-0.15, -0.1) is 0 Å². The Morgan fingerprint density at radius 3 is 2.81 bits per heavy atom. The Hall–Kier alpha value is -1.81. The molecule has 1 aliphatic rings. The SMILES string of the molecule is O=C(O)CC1CCN(CCc2c[nH]c3ccccc23)CC1. The summed E-state index contributed by atoms with van der Waals surface area (Å²) in [4.78, 5) is 16.5. The number of nitrogens with zero attached hydrogens (tertiary/aromatic N) is 1. The molecule has 1 fully saturated rings. The number of benzene rings is 1. The standard InChI is InChI=1S/C17H22N2O2/c20-17(21)11-13-5-8-19(9-6-13)10-7-14-12-18-16-4-2-1-3-15(14)16/h1-4,12-13,18H,5-11H2,(H,20,21). The van der Waals surface area contributed by atoms with Crippen molar-refractivity contribution in [1.82, 2.24) is 9.88 Å². The van der Waals surface area contributed by atoms with Crippen LogP contribution in [0.25, 0.3) is 10.9 Å². The number of piperidine rings is 1. The van der Waals surface area contributed by atoms with Gasteiger partial charge in [-0.25, -0.2) is 0 Å². The van der Waals surface area contributed by atoms with E-state index in [1.54, 1.807) is 0 Å². The van der Waals surface area contributed by atoms with Crippen molar-refractivity contribution in [3.05, 3.63) is 36.0 Å². The van der Waals surface area contributed by atoms with Gasteiger partial charge in [0.1, 0.15) is 0 Å². The normalized spacial score (nSPS) is 17.3. The molecule has 2 heterocycles. The van der Waals surface area contributed by atoms with Crippen LogP contribution < -0.4 is 0 Å². The van der Waals surface area contributed by atoms with Crippen molar-refractivity contribution >= 4 is 16.9 Å². The molecule has 1 saturated heterocycles. The van der Waals surface area contributed by atoms with E-state index in [1.807, 2.05) is 0 Å². The quantitative estimate of drug-likeness (QED) is 0.888. The van der Waals surface area contributed by atoms with Gasteiger partial charge in [-0.05, 0) is 49.9 Å². The number of likely N-dealkylation sites (tertiary alicyclic amines) is 1. The van der Waals surface area contributed by atoms with Crippen molar-refractivity contribution in [3.63, 3.8) is 0 Å². The first-order valence-corrected chi connectivity index (χ1v) is 7.71. The van der Waals surface area contributed by atoms with Crippen LogP contribution in [0.5, 0.6) is 0 Å². The van der Waals surface area contributed by atoms with Gasteiger partial charge >= 0.3 is 5.97 Å². The summed E-state index contributed by atoms with van der Waals surface area (Å²) in [6, 6.07) is 8.41. The third-order valence-electron chi connectivity index (χ3n) is 4.54. The summed E-state index contributed by atoms with van der Waals surface area (Å²) in [6.45, 7) is 3.11. The van der Waals surface area contributed by atoms with Crippen LogP contribution in [0, 0.1) is 5.92 Å². The van der Waals surface area contributed by atoms with E-state index in [2.05, 4.69) is 40.3 Å². The number of aliphatic carboxylic acids is 1. The molecule has 4 heteroatoms. The summed E-state index contributed by atoms with van der Waals surface area (Å²) in [5, 5.41) is 10.2. The zero-order valence-corrected chi connectivity index (χ0v) is 12.2. The van der Waals surface area contributed by atoms with Gasteiger partial charge in [0.05, 0.1) is 0 Å². The van der Waals surface area contributed by atoms with E-state index in [0.29, 0.717) is 12.3 Å². The molecular formula is C17H22N2O2. The molecule has 21 heavy (non-hydrogen) atoms. The number of hydrogen-bond donors (Lipinski definition) is 2. The molecule has 2 aromatic rings. The highest BCUT2D eigenvalue weighted by molar-refractivity contribution is 5.83. The zero-order valence-electron chi connectivity index (χ0n) is 12.2. The van der Waals surface area contributed by atoms with Gasteiger partial charge in [0.2, 0.25) is 0 Å². The Morgan fingerprint density at radius 2 is 2.05 bits per heavy atom. The molecule has 0 unspecified atom stereocenters. The van der Waals surface area contributed by atoms with E-state index in [4.69, 9.17) is 5.11 Å². The van der Waals surface area contributed by atoms with Crippen LogP contribution in [-0.2, 0) is 11.2 Å². The van der Waals surface area contributed by atoms with Crippen molar-refractivity contribution in [3.8, 4) is 0 Å². The fraction of sp³-hybridized carbons (Fsp3) is 0.471. The summed E-state index contributed by atoms with van der Waals surface area (Å²) in [5.41, 5.74) is 2.57. The van der Waals surface area contributed by atoms with Crippen LogP contribution in [0.4, 0.5) is 0 Å². The Morgan fingerprint density at radius 1 is 1.29 bits per heavy atom. The molecule has 0 atom stereocenters. The summed E-state index contributed by atoms with van der Waals surface area (Å²) >= 11 is 0. The van der Waals surface area contributed by atoms with Crippen molar-refractivity contribution in [1.29, 1.82) is 0 Å². The molecular weight excluding hydrogens is 264 g/mol. The predicted octanol–water partition coefficient (Wildman–Crippen LogP) is 2.90. The van der Waals surface area contributed by atoms with Crippen LogP contribution in [0.2, 0.25) is 0 Å². The lowest BCUT2D eigenvalue weighted by Gasteiger charge is -2.31. The highest BCUT2D eigenvalue weighted by Gasteiger charge is 2.21. The first kappa shape index (κ1) is 14.1. The summed E-state index contributed by atoms with van der Waals surface area (Å²) in [7, 11) is 0. The monoisotopic (exact) mass is 286 g/mol. The first-order valence-electron chi connectivity index (χ1n) is 7.71. The molecule has 0 radical (unpaired) electrons. The van der Waals surface area contributed by atoms with Crippen LogP contribution in [0.3, 0.4) is 0 Å². The minimum Gasteiger partial charge on any atom is -0.481 e. The van der Waals surface area contributed by atoms with E-state index in [0.717, 1.165) is 38.9 Å². The molecule has 112 valence electrons. The zero-order chi connectivity index (χ0) is 14.7. The van der Waals surface area contributed by atoms with E-state index >= 15 is 0 Å². The average Bonchev–Trinajstić information content (AvgIpc) is 2.89. The Bertz CT molecular complexity index is 612. The van der Waals surface area contributed by atoms with E-state index in [-0.39, 0.29) is 0 Å². The van der Waals surface area contributed by atoms with Gasteiger partial charge in [0, 0.05) is 30.1 Å². The highest BCUT2D eigenvalue weighted by Crippen LogP contribution is 2.22. The summed E-state index contributed by atoms with van der Waals surface area (Å²) < 4.78 is 0. The second-order valence-corrected chi connectivity index (χ2v) is 5.99. The second-order valence-electron chi connectivity index (χ2n) is 5.99. The number of para-hydroxylation sites is 1. The number of aromatic amines is 1. The third-order valence-corrected chi connectivity index (χ3v) is 4.54. The van der Waals surface area contributed by atoms with Crippen molar-refractivity contribution in [2.45, 2.75) is 25.7 Å². The molecule has 1 aromatic heterocycles. The third kappa shape index (κ3) is 3.45. The molecule has 1 aromatic carbocycles. The van der Waals surface area contributed by atoms with E-state index < -0.39 is 5.97 Å². The lowest BCUT2D eigenvalue weighted by Crippen LogP contribution is -2.35. The summed E-state index contributed by atoms with van der Waals surface area (Å²) in [6.07, 6.45) is 5.52. The number of carboxylic acids is 1. The molecule has 0 amide bonds. The topological polar surface area (TPSA) is 56.3 Å². The maximum Gasteiger partial charge on any atom is 0.303 e. The van der Waals surface area contributed by atoms with Crippen LogP contribution in [0.15, 0.2) is 30.5 Å². The number of rotatable bonds is 5. The van der Waals surface area contributed by atoms with Gasteiger partial charge in [-0.2, -0.15) is 0 Å². The molecule has 2 N–H and O–H groups in total. The average molecular weight is 286 g/mol. The number of H-pyrrole nitrogens is 1. The molecule has 0 aliphatic carbocycles. The number of fused-ring (bicyclic) bond motifs is 1. The van der Waals surface area contributed by atoms with Gasteiger partial charge in [-0.1, -0.05) is 18.2 Å². The van der Waals surface area contributed by atoms with Crippen molar-refractivity contribution < 1.29 is 9.90 Å². The van der Waals surface area contributed by atoms with Gasteiger partial charge in [0.15, 0.2) is 0 Å². The number of carbonyl (C=O) groups is 1. The van der Waals surface area contributed by atoms with Crippen LogP contribution >= 0.6 is 0 Å². The number of carboxylic acid groups (broad SMARTS) is 1. The van der Waals surface area contributed by atoms with Crippen LogP contribution in [0.1, 0.15) is 24.8 Å². The molecule has 0 bridgehead atoms. The van der Waals surface area contributed by atoms with Gasteiger partial charge in [0.25, 0.3) is 0 Å². The maximum atomic E-state index is 10.7. The maximum absolute atomic E-state index is 10.7. The van der Waals surface area contributed by atoms with Crippen LogP contribution in [-0.4, -0.2) is 40.6 Å². The lowest BCUT2D eigenvalue weighted by molar-refractivity contribution is -0.138. The fourth-order valence-corrected chi connectivity index (χ4v) is 3.28. The second kappa shape index (κ2) is 6.31. The van der Waals surface area contributed by atoms with Gasteiger partial charge in [-0.3, -0.25) is 4.79 Å². The Balaban J connectivity index is 1.51. The molecule has 0 spiro atoms.